The van der Waals surface area contributed by atoms with Crippen molar-refractivity contribution in [3.63, 3.8) is 0 Å². The molecular weight excluding hydrogens is 268 g/mol. The van der Waals surface area contributed by atoms with Gasteiger partial charge in [0.15, 0.2) is 0 Å². The van der Waals surface area contributed by atoms with Crippen LogP contribution in [0.15, 0.2) is 18.2 Å². The first-order chi connectivity index (χ1) is 10.1. The minimum atomic E-state index is -0.657. The molecule has 2 N–H and O–H groups in total. The molecule has 3 rings (SSSR count). The van der Waals surface area contributed by atoms with Gasteiger partial charge in [0.05, 0.1) is 31.4 Å². The highest BCUT2D eigenvalue weighted by molar-refractivity contribution is 6.00. The van der Waals surface area contributed by atoms with Gasteiger partial charge >= 0.3 is 0 Å². The maximum atomic E-state index is 13.1. The molecule has 1 fully saturated rings. The summed E-state index contributed by atoms with van der Waals surface area (Å²) < 4.78 is 10.9. The Bertz CT molecular complexity index is 546. The Morgan fingerprint density at radius 2 is 2.33 bits per heavy atom. The van der Waals surface area contributed by atoms with Gasteiger partial charge in [-0.1, -0.05) is 12.1 Å². The zero-order chi connectivity index (χ0) is 15.0. The lowest BCUT2D eigenvalue weighted by molar-refractivity contribution is -0.128. The second kappa shape index (κ2) is 5.31. The van der Waals surface area contributed by atoms with E-state index in [-0.39, 0.29) is 11.9 Å². The maximum Gasteiger partial charge on any atom is 0.237 e. The standard InChI is InChI=1S/C16H22N2O3/c1-16(10-21-9-13(16)17)15(19)18-8-4-6-11-5-3-7-12(20-2)14(11)18/h3,5,7,13H,4,6,8-10,17H2,1-2H3. The highest BCUT2D eigenvalue weighted by Crippen LogP contribution is 2.40. The Hall–Kier alpha value is -1.59. The number of para-hydroxylation sites is 1. The lowest BCUT2D eigenvalue weighted by atomic mass is 9.83. The molecule has 2 atom stereocenters. The van der Waals surface area contributed by atoms with Crippen molar-refractivity contribution in [2.24, 2.45) is 11.1 Å². The molecule has 21 heavy (non-hydrogen) atoms. The second-order valence-electron chi connectivity index (χ2n) is 6.07. The average Bonchev–Trinajstić information content (AvgIpc) is 2.86. The maximum absolute atomic E-state index is 13.1. The van der Waals surface area contributed by atoms with Crippen LogP contribution in [0.5, 0.6) is 5.75 Å². The van der Waals surface area contributed by atoms with Crippen LogP contribution in [0.25, 0.3) is 0 Å². The molecule has 2 aliphatic heterocycles. The van der Waals surface area contributed by atoms with E-state index in [1.807, 2.05) is 24.0 Å². The van der Waals surface area contributed by atoms with Crippen LogP contribution in [-0.4, -0.2) is 38.8 Å². The minimum Gasteiger partial charge on any atom is -0.495 e. The first kappa shape index (κ1) is 14.4. The SMILES string of the molecule is COc1cccc2c1N(C(=O)C1(C)COCC1N)CCC2. The van der Waals surface area contributed by atoms with E-state index in [4.69, 9.17) is 15.2 Å². The van der Waals surface area contributed by atoms with Gasteiger partial charge in [0.1, 0.15) is 5.75 Å². The van der Waals surface area contributed by atoms with E-state index in [9.17, 15) is 4.79 Å². The Labute approximate surface area is 125 Å². The van der Waals surface area contributed by atoms with Crippen molar-refractivity contribution in [2.45, 2.75) is 25.8 Å². The molecule has 1 aromatic rings. The Morgan fingerprint density at radius 1 is 1.52 bits per heavy atom. The summed E-state index contributed by atoms with van der Waals surface area (Å²) in [6.07, 6.45) is 1.92. The normalized spacial score (nSPS) is 28.3. The van der Waals surface area contributed by atoms with Crippen LogP contribution in [0.4, 0.5) is 5.69 Å². The number of ether oxygens (including phenoxy) is 2. The molecule has 5 nitrogen and oxygen atoms in total. The molecule has 2 heterocycles. The van der Waals surface area contributed by atoms with Crippen LogP contribution in [0.3, 0.4) is 0 Å². The number of benzene rings is 1. The minimum absolute atomic E-state index is 0.0398. The van der Waals surface area contributed by atoms with Crippen LogP contribution in [-0.2, 0) is 16.0 Å². The zero-order valence-electron chi connectivity index (χ0n) is 12.6. The molecular formula is C16H22N2O3. The van der Waals surface area contributed by atoms with Crippen LogP contribution >= 0.6 is 0 Å². The van der Waals surface area contributed by atoms with E-state index in [0.717, 1.165) is 29.8 Å². The molecule has 1 aromatic carbocycles. The number of rotatable bonds is 2. The van der Waals surface area contributed by atoms with E-state index < -0.39 is 5.41 Å². The van der Waals surface area contributed by atoms with E-state index >= 15 is 0 Å². The van der Waals surface area contributed by atoms with Gasteiger partial charge in [0.25, 0.3) is 0 Å². The van der Waals surface area contributed by atoms with E-state index in [1.54, 1.807) is 7.11 Å². The summed E-state index contributed by atoms with van der Waals surface area (Å²) in [5.41, 5.74) is 7.51. The largest absolute Gasteiger partial charge is 0.495 e. The van der Waals surface area contributed by atoms with Crippen LogP contribution in [0.1, 0.15) is 18.9 Å². The number of amides is 1. The fourth-order valence-electron chi connectivity index (χ4n) is 3.20. The third kappa shape index (κ3) is 2.21. The molecule has 1 saturated heterocycles. The van der Waals surface area contributed by atoms with E-state index in [0.29, 0.717) is 19.8 Å². The lowest BCUT2D eigenvalue weighted by Gasteiger charge is -2.37. The first-order valence-corrected chi connectivity index (χ1v) is 7.39. The molecule has 114 valence electrons. The number of nitrogens with two attached hydrogens (primary N) is 1. The number of nitrogens with zero attached hydrogens (tertiary/aromatic N) is 1. The number of carbonyl (C=O) groups is 1. The number of hydrogen-bond acceptors (Lipinski definition) is 4. The van der Waals surface area contributed by atoms with Crippen molar-refractivity contribution < 1.29 is 14.3 Å². The first-order valence-electron chi connectivity index (χ1n) is 7.39. The molecule has 2 unspecified atom stereocenters. The molecule has 2 aliphatic rings. The number of hydrogen-bond donors (Lipinski definition) is 1. The number of fused-ring (bicyclic) bond motifs is 1. The van der Waals surface area contributed by atoms with Crippen LogP contribution in [0.2, 0.25) is 0 Å². The van der Waals surface area contributed by atoms with E-state index in [1.165, 1.54) is 0 Å². The lowest BCUT2D eigenvalue weighted by Crippen LogP contribution is -2.52. The van der Waals surface area contributed by atoms with Crippen LogP contribution < -0.4 is 15.4 Å². The monoisotopic (exact) mass is 290 g/mol. The molecule has 0 aliphatic carbocycles. The van der Waals surface area contributed by atoms with Gasteiger partial charge in [-0.2, -0.15) is 0 Å². The van der Waals surface area contributed by atoms with Crippen molar-refractivity contribution in [3.8, 4) is 5.75 Å². The van der Waals surface area contributed by atoms with Gasteiger partial charge in [-0.05, 0) is 31.4 Å². The fourth-order valence-corrected chi connectivity index (χ4v) is 3.20. The van der Waals surface area contributed by atoms with Gasteiger partial charge in [0.2, 0.25) is 5.91 Å². The summed E-state index contributed by atoms with van der Waals surface area (Å²) in [6, 6.07) is 5.67. The van der Waals surface area contributed by atoms with Crippen molar-refractivity contribution >= 4 is 11.6 Å². The molecule has 5 heteroatoms. The predicted octanol–water partition coefficient (Wildman–Crippen LogP) is 1.34. The molecule has 0 bridgehead atoms. The van der Waals surface area contributed by atoms with Gasteiger partial charge in [0, 0.05) is 12.6 Å². The summed E-state index contributed by atoms with van der Waals surface area (Å²) in [5.74, 6) is 0.787. The van der Waals surface area contributed by atoms with Crippen LogP contribution in [0, 0.1) is 5.41 Å². The van der Waals surface area contributed by atoms with Crippen molar-refractivity contribution in [1.82, 2.24) is 0 Å². The van der Waals surface area contributed by atoms with Crippen molar-refractivity contribution in [3.05, 3.63) is 23.8 Å². The summed E-state index contributed by atoms with van der Waals surface area (Å²) in [4.78, 5) is 14.9. The zero-order valence-corrected chi connectivity index (χ0v) is 12.6. The molecule has 0 spiro atoms. The summed E-state index contributed by atoms with van der Waals surface area (Å²) in [5, 5.41) is 0. The topological polar surface area (TPSA) is 64.8 Å². The quantitative estimate of drug-likeness (QED) is 0.892. The number of methoxy groups -OCH3 is 1. The summed E-state index contributed by atoms with van der Waals surface area (Å²) in [6.45, 7) is 3.42. The van der Waals surface area contributed by atoms with Crippen molar-refractivity contribution in [2.75, 3.05) is 31.8 Å². The Kier molecular flexibility index (Phi) is 3.63. The van der Waals surface area contributed by atoms with Gasteiger partial charge in [-0.25, -0.2) is 0 Å². The number of anilines is 1. The molecule has 0 aromatic heterocycles. The predicted molar refractivity (Wildman–Crippen MR) is 80.6 cm³/mol. The number of carbonyl (C=O) groups excluding carboxylic acids is 1. The summed E-state index contributed by atoms with van der Waals surface area (Å²) >= 11 is 0. The third-order valence-corrected chi connectivity index (χ3v) is 4.65. The number of aryl methyl sites for hydroxylation is 1. The molecule has 0 saturated carbocycles. The Balaban J connectivity index is 2.00. The highest BCUT2D eigenvalue weighted by atomic mass is 16.5. The average molecular weight is 290 g/mol. The summed E-state index contributed by atoms with van der Waals surface area (Å²) in [7, 11) is 1.64. The van der Waals surface area contributed by atoms with Gasteiger partial charge < -0.3 is 20.1 Å². The third-order valence-electron chi connectivity index (χ3n) is 4.65. The van der Waals surface area contributed by atoms with Gasteiger partial charge in [-0.3, -0.25) is 4.79 Å². The van der Waals surface area contributed by atoms with Gasteiger partial charge in [-0.15, -0.1) is 0 Å². The van der Waals surface area contributed by atoms with Crippen molar-refractivity contribution in [1.29, 1.82) is 0 Å². The molecule has 0 radical (unpaired) electrons. The Morgan fingerprint density at radius 3 is 3.00 bits per heavy atom. The second-order valence-corrected chi connectivity index (χ2v) is 6.07. The smallest absolute Gasteiger partial charge is 0.237 e. The molecule has 1 amide bonds. The van der Waals surface area contributed by atoms with E-state index in [2.05, 4.69) is 6.07 Å². The highest BCUT2D eigenvalue weighted by Gasteiger charge is 2.47. The fraction of sp³-hybridized carbons (Fsp3) is 0.562.